The van der Waals surface area contributed by atoms with E-state index in [1.54, 1.807) is 6.92 Å². The molecule has 0 aliphatic carbocycles. The molecule has 83 heavy (non-hydrogen) atoms. The minimum atomic E-state index is 0.375. The van der Waals surface area contributed by atoms with Gasteiger partial charge in [-0.05, 0) is 122 Å². The zero-order valence-electron chi connectivity index (χ0n) is 45.0. The lowest BCUT2D eigenvalue weighted by Gasteiger charge is -2.38. The van der Waals surface area contributed by atoms with Crippen molar-refractivity contribution < 1.29 is 4.48 Å². The standard InChI is InChI=1S/C75H4.C7H18N/c1-3-5-7-9-11-13-15-17-19-21-23-25-27-29-31-33-35-37-39-41-43-45-47-49-51-53-55-57-59-61-63-65-67-69-71-73-75-74-72-70-68-66-64-62-60-58-56-54-52-50-48-46-44-42-40-38-36-34-32-30-28-26-24-22-20-18-16-14-12-10-8-6-4-2;1-7(2,3)8(4,5)6/h1H,2H3;1-6H3/q;+1. The summed E-state index contributed by atoms with van der Waals surface area (Å²) >= 11 is 0. The fourth-order valence-electron chi connectivity index (χ4n) is 2.25. The lowest BCUT2D eigenvalue weighted by Crippen LogP contribution is -2.50. The van der Waals surface area contributed by atoms with Gasteiger partial charge in [-0.15, -0.1) is 6.42 Å². The zero-order valence-corrected chi connectivity index (χ0v) is 45.0. The largest absolute Gasteiger partial charge is 0.327 e. The van der Waals surface area contributed by atoms with Gasteiger partial charge in [0.1, 0.15) is 0 Å². The summed E-state index contributed by atoms with van der Waals surface area (Å²) in [6.45, 7) is 8.41. The number of quaternary nitrogens is 1. The molecular weight excluding hydrogens is 999 g/mol. The Morgan fingerprint density at radius 2 is 0.241 bits per heavy atom. The molecule has 0 atom stereocenters. The summed E-state index contributed by atoms with van der Waals surface area (Å²) in [5.41, 5.74) is 0.375. The highest BCUT2D eigenvalue weighted by Crippen LogP contribution is 2.14. The van der Waals surface area contributed by atoms with Crippen LogP contribution >= 0.6 is 0 Å². The van der Waals surface area contributed by atoms with Crippen molar-refractivity contribution in [2.24, 2.45) is 0 Å². The van der Waals surface area contributed by atoms with Crippen molar-refractivity contribution in [1.29, 1.82) is 0 Å². The van der Waals surface area contributed by atoms with Gasteiger partial charge in [0.25, 0.3) is 0 Å². The Hall–Kier alpha value is -16.3. The van der Waals surface area contributed by atoms with Crippen LogP contribution in [0.2, 0.25) is 0 Å². The first kappa shape index (κ1) is 68.8. The second-order valence-corrected chi connectivity index (χ2v) is 13.5. The van der Waals surface area contributed by atoms with E-state index in [1.807, 2.05) is 0 Å². The molecule has 0 bridgehead atoms. The SMILES string of the molecule is C#CC#CC#CC#CC#CC#CC#CC#CC#CC#CC#CC#CC#CC#CC#CC#CC#CC#CC#CC#CC#CC#CC#CC#CC#CC#CC#CC#CC#CC#CC#CC#CC#CC#CC#CC#CC#CC.CC(C)(C)[N+](C)(C)C. The predicted molar refractivity (Wildman–Crippen MR) is 332 cm³/mol. The Morgan fingerprint density at radius 3 is 0.301 bits per heavy atom. The van der Waals surface area contributed by atoms with Crippen LogP contribution in [0, 0.1) is 439 Å². The molecular formula is C82H22N+. The highest BCUT2D eigenvalue weighted by Gasteiger charge is 2.25. The fourth-order valence-corrected chi connectivity index (χ4v) is 2.25. The molecule has 0 radical (unpaired) electrons. The monoisotopic (exact) mass is 1020 g/mol. The van der Waals surface area contributed by atoms with Gasteiger partial charge < -0.3 is 4.48 Å². The Bertz CT molecular complexity index is 5210. The van der Waals surface area contributed by atoms with Crippen LogP contribution in [0.15, 0.2) is 0 Å². The van der Waals surface area contributed by atoms with Crippen molar-refractivity contribution in [2.45, 2.75) is 33.2 Å². The molecule has 1 heteroatoms. The summed E-state index contributed by atoms with van der Waals surface area (Å²) in [6.07, 6.45) is 4.95. The van der Waals surface area contributed by atoms with Crippen LogP contribution in [0.4, 0.5) is 0 Å². The summed E-state index contributed by atoms with van der Waals surface area (Å²) in [6, 6.07) is 0. The molecule has 0 saturated heterocycles. The van der Waals surface area contributed by atoms with Crippen molar-refractivity contribution in [3.8, 4) is 439 Å². The van der Waals surface area contributed by atoms with Gasteiger partial charge in [-0.1, -0.05) is 5.92 Å². The topological polar surface area (TPSA) is 0 Å². The van der Waals surface area contributed by atoms with E-state index in [0.29, 0.717) is 5.54 Å². The number of hydrogen-bond acceptors (Lipinski definition) is 0. The van der Waals surface area contributed by atoms with Crippen molar-refractivity contribution in [3.05, 3.63) is 0 Å². The Morgan fingerprint density at radius 1 is 0.169 bits per heavy atom. The van der Waals surface area contributed by atoms with Crippen LogP contribution in [0.3, 0.4) is 0 Å². The smallest absolute Gasteiger partial charge is 0.0901 e. The normalized spacial score (nSPS) is 4.94. The number of hydrogen-bond donors (Lipinski definition) is 0. The molecule has 354 valence electrons. The Labute approximate surface area is 494 Å². The Kier molecular flexibility index (Phi) is 48.3. The van der Waals surface area contributed by atoms with Crippen molar-refractivity contribution >= 4 is 0 Å². The molecule has 0 aliphatic heterocycles. The third-order valence-electron chi connectivity index (χ3n) is 6.58. The summed E-state index contributed by atoms with van der Waals surface area (Å²) in [7, 11) is 6.62. The number of nitrogens with zero attached hydrogens (tertiary/aromatic N) is 1. The predicted octanol–water partition coefficient (Wildman–Crippen LogP) is 2.25. The third kappa shape index (κ3) is 63.7. The van der Waals surface area contributed by atoms with Crippen molar-refractivity contribution in [2.75, 3.05) is 21.1 Å². The summed E-state index contributed by atoms with van der Waals surface area (Å²) in [4.78, 5) is 0. The number of terminal acetylenes is 1. The first-order chi connectivity index (χ1) is 40.7. The summed E-state index contributed by atoms with van der Waals surface area (Å²) < 4.78 is 1.02. The van der Waals surface area contributed by atoms with E-state index < -0.39 is 0 Å². The average molecular weight is 1020 g/mol. The third-order valence-corrected chi connectivity index (χ3v) is 6.58. The maximum Gasteiger partial charge on any atom is 0.0901 e. The van der Waals surface area contributed by atoms with Gasteiger partial charge in [-0.3, -0.25) is 0 Å². The lowest BCUT2D eigenvalue weighted by atomic mass is 10.1. The minimum Gasteiger partial charge on any atom is -0.327 e. The molecule has 0 heterocycles. The first-order valence-electron chi connectivity index (χ1n) is 21.9. The van der Waals surface area contributed by atoms with Crippen LogP contribution in [0.5, 0.6) is 0 Å². The molecule has 0 amide bonds. The molecule has 0 rings (SSSR count). The highest BCUT2D eigenvalue weighted by molar-refractivity contribution is 5.53. The van der Waals surface area contributed by atoms with E-state index in [1.165, 1.54) is 0 Å². The molecule has 1 nitrogen and oxygen atoms in total. The summed E-state index contributed by atoms with van der Waals surface area (Å²) in [5.74, 6) is 182. The van der Waals surface area contributed by atoms with E-state index in [4.69, 9.17) is 6.42 Å². The van der Waals surface area contributed by atoms with E-state index in [-0.39, 0.29) is 0 Å². The quantitative estimate of drug-likeness (QED) is 0.259. The second-order valence-electron chi connectivity index (χ2n) is 13.5. The minimum absolute atomic E-state index is 0.375. The van der Waals surface area contributed by atoms with Gasteiger partial charge >= 0.3 is 0 Å². The van der Waals surface area contributed by atoms with E-state index >= 15 is 0 Å². The Balaban J connectivity index is 0. The summed E-state index contributed by atoms with van der Waals surface area (Å²) in [5, 5.41) is 0. The van der Waals surface area contributed by atoms with Gasteiger partial charge in [0, 0.05) is 332 Å². The maximum absolute atomic E-state index is 4.95. The average Bonchev–Trinajstić information content (AvgIpc) is 3.46. The second kappa shape index (κ2) is 58.3. The van der Waals surface area contributed by atoms with E-state index in [2.05, 4.69) is 474 Å². The van der Waals surface area contributed by atoms with E-state index in [0.717, 1.165) is 4.48 Å². The van der Waals surface area contributed by atoms with Gasteiger partial charge in [0.15, 0.2) is 0 Å². The molecule has 0 saturated carbocycles. The van der Waals surface area contributed by atoms with Crippen LogP contribution in [-0.4, -0.2) is 31.2 Å². The molecule has 0 aromatic carbocycles. The van der Waals surface area contributed by atoms with Gasteiger partial charge in [-0.25, -0.2) is 0 Å². The molecule has 0 unspecified atom stereocenters. The molecule has 0 N–H and O–H groups in total. The van der Waals surface area contributed by atoms with E-state index in [9.17, 15) is 0 Å². The lowest BCUT2D eigenvalue weighted by molar-refractivity contribution is -0.917. The highest BCUT2D eigenvalue weighted by atomic mass is 15.3. The zero-order chi connectivity index (χ0) is 60.6. The van der Waals surface area contributed by atoms with Crippen molar-refractivity contribution in [1.82, 2.24) is 0 Å². The molecule has 0 spiro atoms. The molecule has 0 aromatic heterocycles. The molecule has 0 aliphatic rings. The molecule has 0 fully saturated rings. The van der Waals surface area contributed by atoms with Crippen LogP contribution < -0.4 is 0 Å². The maximum atomic E-state index is 4.95. The van der Waals surface area contributed by atoms with Gasteiger partial charge in [-0.2, -0.15) is 0 Å². The first-order valence-corrected chi connectivity index (χ1v) is 21.9. The van der Waals surface area contributed by atoms with Crippen LogP contribution in [0.25, 0.3) is 0 Å². The number of rotatable bonds is 0. The van der Waals surface area contributed by atoms with Gasteiger partial charge in [0.05, 0.1) is 26.7 Å². The van der Waals surface area contributed by atoms with Crippen LogP contribution in [-0.2, 0) is 0 Å². The van der Waals surface area contributed by atoms with Crippen LogP contribution in [0.1, 0.15) is 27.7 Å². The molecule has 0 aromatic rings. The fraction of sp³-hybridized carbons (Fsp3) is 0.0976. The van der Waals surface area contributed by atoms with Crippen molar-refractivity contribution in [3.63, 3.8) is 0 Å². The van der Waals surface area contributed by atoms with Gasteiger partial charge in [0.2, 0.25) is 0 Å².